The van der Waals surface area contributed by atoms with Crippen LogP contribution in [0.2, 0.25) is 0 Å². The zero-order valence-electron chi connectivity index (χ0n) is 12.2. The molecule has 3 N–H and O–H groups in total. The monoisotopic (exact) mass is 309 g/mol. The average molecular weight is 310 g/mol. The lowest BCUT2D eigenvalue weighted by molar-refractivity contribution is 0.411. The third-order valence-corrected chi connectivity index (χ3v) is 5.68. The minimum atomic E-state index is 0.354. The third kappa shape index (κ3) is 3.85. The summed E-state index contributed by atoms with van der Waals surface area (Å²) in [4.78, 5) is 4.96. The Morgan fingerprint density at radius 2 is 2.10 bits per heavy atom. The van der Waals surface area contributed by atoms with Crippen molar-refractivity contribution < 1.29 is 0 Å². The van der Waals surface area contributed by atoms with E-state index in [1.165, 1.54) is 32.1 Å². The highest BCUT2D eigenvalue weighted by molar-refractivity contribution is 8.00. The van der Waals surface area contributed by atoms with Crippen molar-refractivity contribution in [2.45, 2.75) is 43.8 Å². The first kappa shape index (κ1) is 15.6. The maximum Gasteiger partial charge on any atom is 0.126 e. The van der Waals surface area contributed by atoms with Gasteiger partial charge < -0.3 is 11.1 Å². The van der Waals surface area contributed by atoms with Crippen molar-refractivity contribution in [3.05, 3.63) is 23.4 Å². The predicted molar refractivity (Wildman–Crippen MR) is 92.7 cm³/mol. The molecule has 2 rings (SSSR count). The fourth-order valence-electron chi connectivity index (χ4n) is 2.80. The number of nitrogens with two attached hydrogens (primary N) is 1. The van der Waals surface area contributed by atoms with Crippen molar-refractivity contribution in [3.8, 4) is 0 Å². The summed E-state index contributed by atoms with van der Waals surface area (Å²) in [7, 11) is 0. The molecule has 3 nitrogen and oxygen atoms in total. The molecule has 0 atom stereocenters. The van der Waals surface area contributed by atoms with Crippen LogP contribution in [0.25, 0.3) is 0 Å². The van der Waals surface area contributed by atoms with E-state index in [4.69, 9.17) is 18.0 Å². The second kappa shape index (κ2) is 6.76. The first-order chi connectivity index (χ1) is 9.54. The Labute approximate surface area is 131 Å². The molecule has 5 heteroatoms. The Morgan fingerprint density at radius 1 is 1.40 bits per heavy atom. The van der Waals surface area contributed by atoms with Gasteiger partial charge in [-0.25, -0.2) is 4.98 Å². The number of pyridine rings is 1. The lowest BCUT2D eigenvalue weighted by Gasteiger charge is -2.36. The SMILES string of the molecule is CSC1(CNc2cc(C(N)=S)cc(C)n2)CCCCC1. The molecule has 0 amide bonds. The van der Waals surface area contributed by atoms with Crippen LogP contribution in [0, 0.1) is 6.92 Å². The van der Waals surface area contributed by atoms with E-state index in [0.29, 0.717) is 9.74 Å². The Balaban J connectivity index is 2.07. The van der Waals surface area contributed by atoms with Gasteiger partial charge in [0, 0.05) is 22.5 Å². The Morgan fingerprint density at radius 3 is 2.70 bits per heavy atom. The fourth-order valence-corrected chi connectivity index (χ4v) is 3.83. The highest BCUT2D eigenvalue weighted by Gasteiger charge is 2.30. The molecule has 110 valence electrons. The number of nitrogens with one attached hydrogen (secondary N) is 1. The average Bonchev–Trinajstić information content (AvgIpc) is 2.45. The van der Waals surface area contributed by atoms with Crippen LogP contribution < -0.4 is 11.1 Å². The zero-order chi connectivity index (χ0) is 14.6. The number of aryl methyl sites for hydroxylation is 1. The molecule has 1 heterocycles. The lowest BCUT2D eigenvalue weighted by Crippen LogP contribution is -2.35. The number of nitrogens with zero attached hydrogens (tertiary/aromatic N) is 1. The molecule has 0 bridgehead atoms. The minimum absolute atomic E-state index is 0.354. The standard InChI is InChI=1S/C15H23N3S2/c1-11-8-12(14(16)19)9-13(18-11)17-10-15(20-2)6-4-3-5-7-15/h8-9H,3-7,10H2,1-2H3,(H2,16,19)(H,17,18). The van der Waals surface area contributed by atoms with Crippen LogP contribution in [0.1, 0.15) is 43.4 Å². The van der Waals surface area contributed by atoms with Crippen molar-refractivity contribution in [2.75, 3.05) is 18.1 Å². The maximum atomic E-state index is 5.71. The van der Waals surface area contributed by atoms with E-state index in [1.54, 1.807) is 0 Å². The van der Waals surface area contributed by atoms with Crippen LogP contribution in [0.5, 0.6) is 0 Å². The van der Waals surface area contributed by atoms with Gasteiger partial charge in [-0.3, -0.25) is 0 Å². The number of thioether (sulfide) groups is 1. The summed E-state index contributed by atoms with van der Waals surface area (Å²) in [5.41, 5.74) is 7.54. The van der Waals surface area contributed by atoms with E-state index < -0.39 is 0 Å². The third-order valence-electron chi connectivity index (χ3n) is 4.03. The van der Waals surface area contributed by atoms with Gasteiger partial charge in [-0.2, -0.15) is 11.8 Å². The van der Waals surface area contributed by atoms with E-state index in [2.05, 4.69) is 16.6 Å². The molecule has 0 unspecified atom stereocenters. The van der Waals surface area contributed by atoms with Crippen molar-refractivity contribution in [1.29, 1.82) is 0 Å². The predicted octanol–water partition coefficient (Wildman–Crippen LogP) is 3.50. The van der Waals surface area contributed by atoms with Crippen LogP contribution in [0.15, 0.2) is 12.1 Å². The summed E-state index contributed by atoms with van der Waals surface area (Å²) in [5, 5.41) is 3.50. The minimum Gasteiger partial charge on any atom is -0.389 e. The molecule has 0 saturated heterocycles. The summed E-state index contributed by atoms with van der Waals surface area (Å²) in [6.07, 6.45) is 8.84. The van der Waals surface area contributed by atoms with Gasteiger partial charge in [0.2, 0.25) is 0 Å². The van der Waals surface area contributed by atoms with Crippen LogP contribution in [-0.4, -0.2) is 27.5 Å². The van der Waals surface area contributed by atoms with E-state index in [1.807, 2.05) is 30.8 Å². The van der Waals surface area contributed by atoms with Gasteiger partial charge in [0.25, 0.3) is 0 Å². The van der Waals surface area contributed by atoms with E-state index >= 15 is 0 Å². The van der Waals surface area contributed by atoms with Gasteiger partial charge in [0.1, 0.15) is 10.8 Å². The summed E-state index contributed by atoms with van der Waals surface area (Å²) in [6, 6.07) is 3.88. The molecular formula is C15H23N3S2. The summed E-state index contributed by atoms with van der Waals surface area (Å²) in [5.74, 6) is 0.881. The first-order valence-corrected chi connectivity index (χ1v) is 8.75. The fraction of sp³-hybridized carbons (Fsp3) is 0.600. The molecule has 0 spiro atoms. The van der Waals surface area contributed by atoms with E-state index in [-0.39, 0.29) is 0 Å². The maximum absolute atomic E-state index is 5.71. The molecule has 1 aromatic rings. The number of rotatable bonds is 5. The molecule has 0 aliphatic heterocycles. The van der Waals surface area contributed by atoms with Crippen molar-refractivity contribution in [2.24, 2.45) is 5.73 Å². The van der Waals surface area contributed by atoms with Gasteiger partial charge in [-0.15, -0.1) is 0 Å². The highest BCUT2D eigenvalue weighted by Crippen LogP contribution is 2.38. The van der Waals surface area contributed by atoms with Crippen LogP contribution in [0.3, 0.4) is 0 Å². The number of anilines is 1. The molecule has 1 fully saturated rings. The summed E-state index contributed by atoms with van der Waals surface area (Å²) < 4.78 is 0.354. The number of hydrogen-bond donors (Lipinski definition) is 2. The number of aromatic nitrogens is 1. The van der Waals surface area contributed by atoms with Crippen molar-refractivity contribution in [3.63, 3.8) is 0 Å². The Bertz CT molecular complexity index is 482. The van der Waals surface area contributed by atoms with Crippen LogP contribution >= 0.6 is 24.0 Å². The number of thiocarbonyl (C=S) groups is 1. The first-order valence-electron chi connectivity index (χ1n) is 7.12. The van der Waals surface area contributed by atoms with E-state index in [0.717, 1.165) is 23.6 Å². The smallest absolute Gasteiger partial charge is 0.126 e. The van der Waals surface area contributed by atoms with Gasteiger partial charge in [-0.1, -0.05) is 31.5 Å². The second-order valence-corrected chi connectivity index (χ2v) is 7.26. The zero-order valence-corrected chi connectivity index (χ0v) is 13.9. The summed E-state index contributed by atoms with van der Waals surface area (Å²) >= 11 is 7.04. The Hall–Kier alpha value is -0.810. The van der Waals surface area contributed by atoms with Gasteiger partial charge in [0.05, 0.1) is 0 Å². The quantitative estimate of drug-likeness (QED) is 0.815. The largest absolute Gasteiger partial charge is 0.389 e. The summed E-state index contributed by atoms with van der Waals surface area (Å²) in [6.45, 7) is 2.93. The van der Waals surface area contributed by atoms with E-state index in [9.17, 15) is 0 Å². The highest BCUT2D eigenvalue weighted by atomic mass is 32.2. The van der Waals surface area contributed by atoms with Gasteiger partial charge in [0.15, 0.2) is 0 Å². The molecule has 1 aromatic heterocycles. The molecule has 0 aromatic carbocycles. The lowest BCUT2D eigenvalue weighted by atomic mass is 9.88. The molecule has 0 radical (unpaired) electrons. The van der Waals surface area contributed by atoms with Crippen LogP contribution in [-0.2, 0) is 0 Å². The van der Waals surface area contributed by atoms with Gasteiger partial charge >= 0.3 is 0 Å². The van der Waals surface area contributed by atoms with Crippen molar-refractivity contribution >= 4 is 34.8 Å². The normalized spacial score (nSPS) is 17.7. The van der Waals surface area contributed by atoms with Crippen molar-refractivity contribution in [1.82, 2.24) is 4.98 Å². The Kier molecular flexibility index (Phi) is 5.27. The molecule has 1 aliphatic carbocycles. The molecule has 1 saturated carbocycles. The molecule has 1 aliphatic rings. The van der Waals surface area contributed by atoms with Gasteiger partial charge in [-0.05, 0) is 38.2 Å². The van der Waals surface area contributed by atoms with Crippen LogP contribution in [0.4, 0.5) is 5.82 Å². The molecule has 20 heavy (non-hydrogen) atoms. The number of hydrogen-bond acceptors (Lipinski definition) is 4. The topological polar surface area (TPSA) is 50.9 Å². The molecular weight excluding hydrogens is 286 g/mol. The second-order valence-electron chi connectivity index (χ2n) is 5.55.